The highest BCUT2D eigenvalue weighted by atomic mass is 16.5. The molecule has 1 aromatic rings. The van der Waals surface area contributed by atoms with Gasteiger partial charge in [-0.15, -0.1) is 0 Å². The molecule has 1 atom stereocenters. The molecule has 19 heavy (non-hydrogen) atoms. The van der Waals surface area contributed by atoms with E-state index in [1.54, 1.807) is 0 Å². The number of ether oxygens (including phenoxy) is 2. The molecular weight excluding hydrogens is 244 g/mol. The Bertz CT molecular complexity index is 394. The predicted molar refractivity (Wildman–Crippen MR) is 74.3 cm³/mol. The lowest BCUT2D eigenvalue weighted by atomic mass is 10.2. The Kier molecular flexibility index (Phi) is 5.20. The van der Waals surface area contributed by atoms with E-state index >= 15 is 0 Å². The van der Waals surface area contributed by atoms with Gasteiger partial charge in [-0.05, 0) is 19.3 Å². The number of nitrogen functional groups attached to an aromatic ring is 1. The maximum atomic E-state index is 6.00. The Labute approximate surface area is 113 Å². The van der Waals surface area contributed by atoms with Crippen LogP contribution in [-0.4, -0.2) is 35.8 Å². The Morgan fingerprint density at radius 2 is 2.42 bits per heavy atom. The summed E-state index contributed by atoms with van der Waals surface area (Å²) in [4.78, 5) is 8.21. The number of nitrogens with two attached hydrogens (primary N) is 1. The van der Waals surface area contributed by atoms with E-state index in [2.05, 4.69) is 22.2 Å². The zero-order valence-corrected chi connectivity index (χ0v) is 11.4. The first kappa shape index (κ1) is 13.9. The molecule has 106 valence electrons. The second-order valence-electron chi connectivity index (χ2n) is 4.66. The number of rotatable bonds is 7. The maximum Gasteiger partial charge on any atom is 0.242 e. The van der Waals surface area contributed by atoms with Crippen LogP contribution < -0.4 is 15.8 Å². The zero-order chi connectivity index (χ0) is 13.5. The zero-order valence-electron chi connectivity index (χ0n) is 11.4. The van der Waals surface area contributed by atoms with Gasteiger partial charge in [0.05, 0.1) is 12.7 Å². The summed E-state index contributed by atoms with van der Waals surface area (Å²) in [6.45, 7) is 4.30. The van der Waals surface area contributed by atoms with Crippen LogP contribution in [0.3, 0.4) is 0 Å². The van der Waals surface area contributed by atoms with E-state index in [0.29, 0.717) is 24.0 Å². The molecule has 0 amide bonds. The molecule has 6 nitrogen and oxygen atoms in total. The van der Waals surface area contributed by atoms with Crippen LogP contribution in [0.2, 0.25) is 0 Å². The Morgan fingerprint density at radius 1 is 1.53 bits per heavy atom. The highest BCUT2D eigenvalue weighted by molar-refractivity contribution is 5.66. The predicted octanol–water partition coefficient (Wildman–Crippen LogP) is 1.83. The summed E-state index contributed by atoms with van der Waals surface area (Å²) in [6, 6.07) is 0. The smallest absolute Gasteiger partial charge is 0.242 e. The number of nitrogens with zero attached hydrogens (tertiary/aromatic N) is 2. The molecule has 1 saturated heterocycles. The molecule has 0 aromatic carbocycles. The Hall–Kier alpha value is -1.56. The number of hydrogen-bond donors (Lipinski definition) is 2. The first-order valence-electron chi connectivity index (χ1n) is 6.90. The monoisotopic (exact) mass is 266 g/mol. The average molecular weight is 266 g/mol. The maximum absolute atomic E-state index is 6.00. The molecule has 1 aliphatic heterocycles. The standard InChI is InChI=1S/C13H22N4O2/c1-2-3-6-19-13-11(14)12(16-9-17-13)15-8-10-5-4-7-18-10/h9-10H,2-8,14H2,1H3,(H,15,16,17). The van der Waals surface area contributed by atoms with Crippen molar-refractivity contribution in [1.82, 2.24) is 9.97 Å². The third kappa shape index (κ3) is 3.96. The fraction of sp³-hybridized carbons (Fsp3) is 0.692. The molecule has 3 N–H and O–H groups in total. The van der Waals surface area contributed by atoms with Gasteiger partial charge in [0.15, 0.2) is 5.82 Å². The van der Waals surface area contributed by atoms with Crippen LogP contribution in [0.25, 0.3) is 0 Å². The van der Waals surface area contributed by atoms with Crippen molar-refractivity contribution in [2.75, 3.05) is 30.8 Å². The molecule has 1 aliphatic rings. The van der Waals surface area contributed by atoms with Crippen LogP contribution in [0, 0.1) is 0 Å². The van der Waals surface area contributed by atoms with Gasteiger partial charge in [-0.2, -0.15) is 4.98 Å². The average Bonchev–Trinajstić information content (AvgIpc) is 2.93. The molecule has 1 unspecified atom stereocenters. The Balaban J connectivity index is 1.90. The van der Waals surface area contributed by atoms with Gasteiger partial charge in [0.1, 0.15) is 12.0 Å². The van der Waals surface area contributed by atoms with Crippen molar-refractivity contribution in [2.24, 2.45) is 0 Å². The molecular formula is C13H22N4O2. The summed E-state index contributed by atoms with van der Waals surface area (Å²) in [7, 11) is 0. The molecule has 0 radical (unpaired) electrons. The fourth-order valence-electron chi connectivity index (χ4n) is 1.96. The van der Waals surface area contributed by atoms with Crippen molar-refractivity contribution >= 4 is 11.5 Å². The fourth-order valence-corrected chi connectivity index (χ4v) is 1.96. The highest BCUT2D eigenvalue weighted by Gasteiger charge is 2.16. The number of aromatic nitrogens is 2. The SMILES string of the molecule is CCCCOc1ncnc(NCC2CCCO2)c1N. The molecule has 0 bridgehead atoms. The summed E-state index contributed by atoms with van der Waals surface area (Å²) < 4.78 is 11.1. The summed E-state index contributed by atoms with van der Waals surface area (Å²) in [5.74, 6) is 1.08. The van der Waals surface area contributed by atoms with E-state index in [1.807, 2.05) is 0 Å². The minimum Gasteiger partial charge on any atom is -0.476 e. The minimum atomic E-state index is 0.249. The minimum absolute atomic E-state index is 0.249. The van der Waals surface area contributed by atoms with Crippen LogP contribution in [0.1, 0.15) is 32.6 Å². The van der Waals surface area contributed by atoms with Gasteiger partial charge in [0.2, 0.25) is 5.88 Å². The van der Waals surface area contributed by atoms with E-state index in [9.17, 15) is 0 Å². The van der Waals surface area contributed by atoms with Crippen molar-refractivity contribution in [3.63, 3.8) is 0 Å². The van der Waals surface area contributed by atoms with Crippen LogP contribution in [0.4, 0.5) is 11.5 Å². The summed E-state index contributed by atoms with van der Waals surface area (Å²) in [6.07, 6.45) is 5.99. The molecule has 0 saturated carbocycles. The summed E-state index contributed by atoms with van der Waals surface area (Å²) in [5, 5.41) is 3.20. The molecule has 1 aromatic heterocycles. The summed E-state index contributed by atoms with van der Waals surface area (Å²) >= 11 is 0. The molecule has 1 fully saturated rings. The van der Waals surface area contributed by atoms with E-state index in [0.717, 1.165) is 38.8 Å². The lowest BCUT2D eigenvalue weighted by molar-refractivity contribution is 0.120. The largest absolute Gasteiger partial charge is 0.476 e. The van der Waals surface area contributed by atoms with E-state index in [-0.39, 0.29) is 6.10 Å². The van der Waals surface area contributed by atoms with Crippen molar-refractivity contribution in [1.29, 1.82) is 0 Å². The van der Waals surface area contributed by atoms with Crippen LogP contribution in [0.15, 0.2) is 6.33 Å². The van der Waals surface area contributed by atoms with Crippen molar-refractivity contribution in [3.8, 4) is 5.88 Å². The van der Waals surface area contributed by atoms with E-state index in [1.165, 1.54) is 6.33 Å². The van der Waals surface area contributed by atoms with Crippen molar-refractivity contribution in [3.05, 3.63) is 6.33 Å². The number of hydrogen-bond acceptors (Lipinski definition) is 6. The first-order chi connectivity index (χ1) is 9.31. The van der Waals surface area contributed by atoms with E-state index in [4.69, 9.17) is 15.2 Å². The number of nitrogens with one attached hydrogen (secondary N) is 1. The summed E-state index contributed by atoms with van der Waals surface area (Å²) in [5.41, 5.74) is 6.47. The second kappa shape index (κ2) is 7.13. The van der Waals surface area contributed by atoms with Gasteiger partial charge in [-0.25, -0.2) is 4.98 Å². The number of unbranched alkanes of at least 4 members (excludes halogenated alkanes) is 1. The third-order valence-corrected chi connectivity index (χ3v) is 3.11. The van der Waals surface area contributed by atoms with Crippen molar-refractivity contribution < 1.29 is 9.47 Å². The van der Waals surface area contributed by atoms with Gasteiger partial charge in [-0.1, -0.05) is 13.3 Å². The lowest BCUT2D eigenvalue weighted by Crippen LogP contribution is -2.20. The molecule has 6 heteroatoms. The first-order valence-corrected chi connectivity index (χ1v) is 6.90. The quantitative estimate of drug-likeness (QED) is 0.733. The van der Waals surface area contributed by atoms with E-state index < -0.39 is 0 Å². The molecule has 2 rings (SSSR count). The molecule has 0 spiro atoms. The van der Waals surface area contributed by atoms with Crippen LogP contribution >= 0.6 is 0 Å². The van der Waals surface area contributed by atoms with Gasteiger partial charge < -0.3 is 20.5 Å². The van der Waals surface area contributed by atoms with Gasteiger partial charge >= 0.3 is 0 Å². The Morgan fingerprint density at radius 3 is 3.16 bits per heavy atom. The number of anilines is 2. The third-order valence-electron chi connectivity index (χ3n) is 3.11. The molecule has 2 heterocycles. The van der Waals surface area contributed by atoms with Crippen molar-refractivity contribution in [2.45, 2.75) is 38.7 Å². The molecule has 0 aliphatic carbocycles. The van der Waals surface area contributed by atoms with Gasteiger partial charge in [-0.3, -0.25) is 0 Å². The normalized spacial score (nSPS) is 18.5. The van der Waals surface area contributed by atoms with Crippen LogP contribution in [0.5, 0.6) is 5.88 Å². The lowest BCUT2D eigenvalue weighted by Gasteiger charge is -2.14. The van der Waals surface area contributed by atoms with Gasteiger partial charge in [0.25, 0.3) is 0 Å². The topological polar surface area (TPSA) is 82.3 Å². The highest BCUT2D eigenvalue weighted by Crippen LogP contribution is 2.25. The second-order valence-corrected chi connectivity index (χ2v) is 4.66. The van der Waals surface area contributed by atoms with Gasteiger partial charge in [0, 0.05) is 13.2 Å². The van der Waals surface area contributed by atoms with Crippen LogP contribution in [-0.2, 0) is 4.74 Å².